The van der Waals surface area contributed by atoms with Gasteiger partial charge in [0.25, 0.3) is 0 Å². The van der Waals surface area contributed by atoms with Gasteiger partial charge in [0.05, 0.1) is 5.02 Å². The number of ether oxygens (including phenoxy) is 2. The molecule has 4 rings (SSSR count). The molecular weight excluding hydrogens is 445 g/mol. The van der Waals surface area contributed by atoms with Crippen LogP contribution < -0.4 is 9.47 Å². The molecule has 0 unspecified atom stereocenters. The quantitative estimate of drug-likeness (QED) is 0.596. The van der Waals surface area contributed by atoms with Gasteiger partial charge in [0.1, 0.15) is 41.1 Å². The predicted octanol–water partition coefficient (Wildman–Crippen LogP) is 3.61. The van der Waals surface area contributed by atoms with E-state index in [1.54, 1.807) is 0 Å². The summed E-state index contributed by atoms with van der Waals surface area (Å²) in [5, 5.41) is 30.0. The number of phenolic OH excluding ortho intramolecular Hbond substituents is 1. The largest absolute Gasteiger partial charge is 0.506 e. The number of β-amino-alcohol motifs (C(OH)–C–C–N with tert-alkyl or cyclic N) is 1. The number of carbonyl (C=O) groups is 1. The number of nitrogens with zero attached hydrogens (tertiary/aromatic N) is 1. The normalized spacial score (nSPS) is 18.4. The Morgan fingerprint density at radius 3 is 2.68 bits per heavy atom. The number of fused-ring (bicyclic) bond motifs is 1. The molecule has 7 nitrogen and oxygen atoms in total. The van der Waals surface area contributed by atoms with E-state index in [4.69, 9.17) is 32.7 Å². The molecule has 1 atom stereocenters. The van der Waals surface area contributed by atoms with E-state index in [-0.39, 0.29) is 34.3 Å². The van der Waals surface area contributed by atoms with Crippen molar-refractivity contribution in [2.45, 2.75) is 31.0 Å². The fourth-order valence-electron chi connectivity index (χ4n) is 4.19. The third-order valence-corrected chi connectivity index (χ3v) is 6.35. The van der Waals surface area contributed by atoms with E-state index < -0.39 is 12.1 Å². The molecule has 2 heterocycles. The molecule has 1 saturated heterocycles. The number of halogens is 2. The lowest BCUT2D eigenvalue weighted by Gasteiger charge is -2.39. The highest BCUT2D eigenvalue weighted by Gasteiger charge is 2.42. The van der Waals surface area contributed by atoms with Gasteiger partial charge in [-0.05, 0) is 29.8 Å². The molecule has 31 heavy (non-hydrogen) atoms. The summed E-state index contributed by atoms with van der Waals surface area (Å²) in [6.07, 6.45) is 1.68. The molecule has 9 heteroatoms. The molecule has 3 N–H and O–H groups in total. The summed E-state index contributed by atoms with van der Waals surface area (Å²) >= 11 is 11.9. The number of aliphatic hydroxyl groups excluding tert-OH is 1. The van der Waals surface area contributed by atoms with Crippen LogP contribution in [0.5, 0.6) is 17.2 Å². The molecule has 0 radical (unpaired) electrons. The van der Waals surface area contributed by atoms with Gasteiger partial charge in [-0.25, -0.2) is 4.79 Å². The first-order chi connectivity index (χ1) is 14.7. The second-order valence-electron chi connectivity index (χ2n) is 8.08. The number of hydrogen-bond donors (Lipinski definition) is 3. The summed E-state index contributed by atoms with van der Waals surface area (Å²) in [4.78, 5) is 13.5. The number of rotatable bonds is 6. The van der Waals surface area contributed by atoms with Crippen LogP contribution in [0, 0.1) is 0 Å². The van der Waals surface area contributed by atoms with Crippen molar-refractivity contribution in [2.24, 2.45) is 0 Å². The van der Waals surface area contributed by atoms with Gasteiger partial charge in [-0.15, -0.1) is 0 Å². The average molecular weight is 468 g/mol. The lowest BCUT2D eigenvalue weighted by Crippen LogP contribution is -2.49. The number of carboxylic acid groups (broad SMARTS) is 1. The third-order valence-electron chi connectivity index (χ3n) is 5.81. The molecule has 0 bridgehead atoms. The molecule has 0 aromatic heterocycles. The smallest absolute Gasteiger partial charge is 0.339 e. The van der Waals surface area contributed by atoms with Crippen LogP contribution in [0.2, 0.25) is 10.0 Å². The molecular formula is C22H23Cl2NO6. The van der Waals surface area contributed by atoms with Crippen LogP contribution in [-0.4, -0.2) is 64.1 Å². The second kappa shape index (κ2) is 8.74. The van der Waals surface area contributed by atoms with E-state index in [2.05, 4.69) is 4.90 Å². The zero-order valence-electron chi connectivity index (χ0n) is 16.7. The van der Waals surface area contributed by atoms with Crippen LogP contribution >= 0.6 is 23.2 Å². The van der Waals surface area contributed by atoms with Crippen LogP contribution in [0.1, 0.15) is 28.8 Å². The molecule has 2 aromatic rings. The van der Waals surface area contributed by atoms with Crippen LogP contribution in [0.4, 0.5) is 0 Å². The van der Waals surface area contributed by atoms with Crippen molar-refractivity contribution >= 4 is 29.2 Å². The van der Waals surface area contributed by atoms with Crippen LogP contribution in [-0.2, 0) is 6.42 Å². The fraction of sp³-hybridized carbons (Fsp3) is 0.409. The van der Waals surface area contributed by atoms with Gasteiger partial charge in [-0.2, -0.15) is 0 Å². The highest BCUT2D eigenvalue weighted by Crippen LogP contribution is 2.42. The molecule has 1 fully saturated rings. The van der Waals surface area contributed by atoms with E-state index in [0.717, 1.165) is 55.8 Å². The summed E-state index contributed by atoms with van der Waals surface area (Å²) < 4.78 is 11.7. The van der Waals surface area contributed by atoms with Crippen molar-refractivity contribution in [3.63, 3.8) is 0 Å². The molecule has 0 saturated carbocycles. The second-order valence-corrected chi connectivity index (χ2v) is 8.93. The first-order valence-corrected chi connectivity index (χ1v) is 10.8. The van der Waals surface area contributed by atoms with Crippen molar-refractivity contribution < 1.29 is 29.6 Å². The van der Waals surface area contributed by atoms with Gasteiger partial charge < -0.3 is 29.7 Å². The number of carboxylic acids is 1. The summed E-state index contributed by atoms with van der Waals surface area (Å²) in [6.45, 7) is 1.81. The Labute approximate surface area is 189 Å². The topological polar surface area (TPSA) is 99.5 Å². The number of hydrogen-bond acceptors (Lipinski definition) is 6. The molecule has 166 valence electrons. The minimum absolute atomic E-state index is 0.0400. The number of likely N-dealkylation sites (tertiary alicyclic amines) is 1. The monoisotopic (exact) mass is 467 g/mol. The predicted molar refractivity (Wildman–Crippen MR) is 116 cm³/mol. The molecule has 0 aliphatic carbocycles. The minimum atomic E-state index is -1.23. The number of aromatic hydroxyl groups is 1. The number of phenols is 1. The van der Waals surface area contributed by atoms with Crippen LogP contribution in [0.15, 0.2) is 30.3 Å². The lowest BCUT2D eigenvalue weighted by atomic mass is 9.87. The summed E-state index contributed by atoms with van der Waals surface area (Å²) in [7, 11) is 0. The zero-order chi connectivity index (χ0) is 22.2. The van der Waals surface area contributed by atoms with Crippen molar-refractivity contribution in [2.75, 3.05) is 26.2 Å². The van der Waals surface area contributed by atoms with Crippen molar-refractivity contribution in [3.8, 4) is 17.2 Å². The third kappa shape index (κ3) is 4.85. The fourth-order valence-corrected chi connectivity index (χ4v) is 4.55. The zero-order valence-corrected chi connectivity index (χ0v) is 18.2. The number of piperidine rings is 1. The first-order valence-electron chi connectivity index (χ1n) is 10.0. The van der Waals surface area contributed by atoms with E-state index in [0.29, 0.717) is 11.6 Å². The average Bonchev–Trinajstić information content (AvgIpc) is 3.07. The summed E-state index contributed by atoms with van der Waals surface area (Å²) in [5.41, 5.74) is 0.741. The SMILES string of the molecule is O=C(O)c1cc(Cl)c(O)cc1OC[C@@H](O)CN1CCC2(CC1)Cc1cc(Cl)ccc1O2. The van der Waals surface area contributed by atoms with Gasteiger partial charge in [0.2, 0.25) is 0 Å². The van der Waals surface area contributed by atoms with E-state index in [1.165, 1.54) is 0 Å². The molecule has 2 aromatic carbocycles. The van der Waals surface area contributed by atoms with Crippen LogP contribution in [0.25, 0.3) is 0 Å². The lowest BCUT2D eigenvalue weighted by molar-refractivity contribution is -0.00203. The van der Waals surface area contributed by atoms with Crippen molar-refractivity contribution in [3.05, 3.63) is 51.5 Å². The van der Waals surface area contributed by atoms with Gasteiger partial charge in [0.15, 0.2) is 0 Å². The van der Waals surface area contributed by atoms with Crippen LogP contribution in [0.3, 0.4) is 0 Å². The molecule has 0 amide bonds. The standard InChI is InChI=1S/C22H23Cl2NO6/c23-14-1-2-19-13(7-14)10-22(31-19)3-5-25(6-4-22)11-15(26)12-30-20-9-18(27)17(24)8-16(20)21(28)29/h1-2,7-9,15,26-27H,3-6,10-12H2,(H,28,29)/t15-/m0/s1. The Morgan fingerprint density at radius 1 is 1.23 bits per heavy atom. The van der Waals surface area contributed by atoms with Gasteiger partial charge in [-0.1, -0.05) is 23.2 Å². The Kier molecular flexibility index (Phi) is 6.21. The maximum Gasteiger partial charge on any atom is 0.339 e. The Hall–Kier alpha value is -2.19. The Balaban J connectivity index is 1.29. The molecule has 2 aliphatic heterocycles. The van der Waals surface area contributed by atoms with Crippen molar-refractivity contribution in [1.29, 1.82) is 0 Å². The number of aromatic carboxylic acids is 1. The number of benzene rings is 2. The maximum atomic E-state index is 11.4. The maximum absolute atomic E-state index is 11.4. The number of aliphatic hydroxyl groups is 1. The highest BCUT2D eigenvalue weighted by atomic mass is 35.5. The van der Waals surface area contributed by atoms with Gasteiger partial charge in [-0.3, -0.25) is 0 Å². The van der Waals surface area contributed by atoms with Gasteiger partial charge in [0, 0.05) is 50.0 Å². The Bertz CT molecular complexity index is 990. The molecule has 1 spiro atoms. The van der Waals surface area contributed by atoms with E-state index in [9.17, 15) is 20.1 Å². The Morgan fingerprint density at radius 2 is 1.97 bits per heavy atom. The summed E-state index contributed by atoms with van der Waals surface area (Å²) in [6, 6.07) is 7.97. The molecule has 2 aliphatic rings. The summed E-state index contributed by atoms with van der Waals surface area (Å²) in [5.74, 6) is -0.656. The van der Waals surface area contributed by atoms with Gasteiger partial charge >= 0.3 is 5.97 Å². The highest BCUT2D eigenvalue weighted by molar-refractivity contribution is 6.32. The van der Waals surface area contributed by atoms with Crippen molar-refractivity contribution in [1.82, 2.24) is 4.90 Å². The van der Waals surface area contributed by atoms with E-state index in [1.807, 2.05) is 18.2 Å². The first kappa shape index (κ1) is 22.0. The minimum Gasteiger partial charge on any atom is -0.506 e. The van der Waals surface area contributed by atoms with E-state index >= 15 is 0 Å².